The molecule has 0 aliphatic rings. The van der Waals surface area contributed by atoms with E-state index < -0.39 is 0 Å². The van der Waals surface area contributed by atoms with E-state index in [1.54, 1.807) is 12.3 Å². The standard InChI is InChI=1S/C5H5N5/c6-5-4-1-2-8-9-10(4)3-7-5/h1-3H,6H2. The SMILES string of the molecule is Nc1ncn2nnccc12. The molecule has 0 fully saturated rings. The predicted molar refractivity (Wildman–Crippen MR) is 35.2 cm³/mol. The molecule has 2 N–H and O–H groups in total. The Labute approximate surface area is 56.5 Å². The maximum atomic E-state index is 5.48. The maximum Gasteiger partial charge on any atom is 0.151 e. The minimum atomic E-state index is 0.481. The van der Waals surface area contributed by atoms with Crippen LogP contribution in [-0.4, -0.2) is 19.8 Å². The number of fused-ring (bicyclic) bond motifs is 1. The molecule has 0 aliphatic carbocycles. The van der Waals surface area contributed by atoms with Crippen molar-refractivity contribution in [2.45, 2.75) is 0 Å². The average Bonchev–Trinajstić information content (AvgIpc) is 2.34. The second-order valence-corrected chi connectivity index (χ2v) is 1.88. The van der Waals surface area contributed by atoms with E-state index in [0.29, 0.717) is 5.82 Å². The largest absolute Gasteiger partial charge is 0.382 e. The van der Waals surface area contributed by atoms with Crippen molar-refractivity contribution in [2.24, 2.45) is 0 Å². The Morgan fingerprint density at radius 1 is 1.50 bits per heavy atom. The molecule has 50 valence electrons. The van der Waals surface area contributed by atoms with E-state index in [-0.39, 0.29) is 0 Å². The first-order chi connectivity index (χ1) is 4.88. The van der Waals surface area contributed by atoms with Gasteiger partial charge in [-0.25, -0.2) is 9.50 Å². The molecule has 0 aliphatic heterocycles. The Balaban J connectivity index is 2.93. The quantitative estimate of drug-likeness (QED) is 0.538. The van der Waals surface area contributed by atoms with Crippen LogP contribution in [0.25, 0.3) is 5.52 Å². The van der Waals surface area contributed by atoms with Crippen molar-refractivity contribution in [3.05, 3.63) is 18.6 Å². The normalized spacial score (nSPS) is 10.4. The van der Waals surface area contributed by atoms with Gasteiger partial charge < -0.3 is 5.73 Å². The fraction of sp³-hybridized carbons (Fsp3) is 0. The summed E-state index contributed by atoms with van der Waals surface area (Å²) < 4.78 is 1.52. The van der Waals surface area contributed by atoms with E-state index in [1.807, 2.05) is 0 Å². The van der Waals surface area contributed by atoms with Crippen LogP contribution in [0.4, 0.5) is 5.82 Å². The molecule has 0 atom stereocenters. The third kappa shape index (κ3) is 0.540. The summed E-state index contributed by atoms with van der Waals surface area (Å²) in [7, 11) is 0. The van der Waals surface area contributed by atoms with Gasteiger partial charge in [-0.3, -0.25) is 0 Å². The van der Waals surface area contributed by atoms with E-state index in [1.165, 1.54) is 10.8 Å². The van der Waals surface area contributed by atoms with Gasteiger partial charge in [0.2, 0.25) is 0 Å². The Hall–Kier alpha value is -1.65. The Morgan fingerprint density at radius 2 is 2.40 bits per heavy atom. The number of aromatic nitrogens is 4. The summed E-state index contributed by atoms with van der Waals surface area (Å²) in [5, 5.41) is 7.37. The highest BCUT2D eigenvalue weighted by Gasteiger charge is 1.97. The molecule has 0 aromatic carbocycles. The first-order valence-corrected chi connectivity index (χ1v) is 2.78. The molecule has 0 saturated carbocycles. The smallest absolute Gasteiger partial charge is 0.151 e. The molecule has 2 rings (SSSR count). The summed E-state index contributed by atoms with van der Waals surface area (Å²) in [6, 6.07) is 1.76. The van der Waals surface area contributed by atoms with Crippen molar-refractivity contribution in [1.82, 2.24) is 19.8 Å². The van der Waals surface area contributed by atoms with Crippen LogP contribution in [0.3, 0.4) is 0 Å². The molecule has 0 spiro atoms. The summed E-state index contributed by atoms with van der Waals surface area (Å²) in [6.45, 7) is 0. The number of nitrogen functional groups attached to an aromatic ring is 1. The Morgan fingerprint density at radius 3 is 3.20 bits per heavy atom. The van der Waals surface area contributed by atoms with Crippen molar-refractivity contribution in [1.29, 1.82) is 0 Å². The zero-order valence-corrected chi connectivity index (χ0v) is 5.10. The number of nitrogens with zero attached hydrogens (tertiary/aromatic N) is 4. The second-order valence-electron chi connectivity index (χ2n) is 1.88. The lowest BCUT2D eigenvalue weighted by Crippen LogP contribution is -1.92. The average molecular weight is 135 g/mol. The lowest BCUT2D eigenvalue weighted by Gasteiger charge is -1.86. The molecule has 0 amide bonds. The van der Waals surface area contributed by atoms with Crippen LogP contribution in [0.2, 0.25) is 0 Å². The monoisotopic (exact) mass is 135 g/mol. The second kappa shape index (κ2) is 1.66. The van der Waals surface area contributed by atoms with Crippen LogP contribution in [0.5, 0.6) is 0 Å². The van der Waals surface area contributed by atoms with Crippen molar-refractivity contribution >= 4 is 11.3 Å². The molecule has 0 bridgehead atoms. The Bertz CT molecular complexity index is 352. The van der Waals surface area contributed by atoms with Gasteiger partial charge in [-0.05, 0) is 6.07 Å². The molecule has 2 aromatic heterocycles. The molecule has 2 heterocycles. The number of nitrogens with two attached hydrogens (primary N) is 1. The fourth-order valence-electron chi connectivity index (χ4n) is 0.785. The lowest BCUT2D eigenvalue weighted by atomic mass is 10.5. The molecular weight excluding hydrogens is 130 g/mol. The number of anilines is 1. The van der Waals surface area contributed by atoms with E-state index in [2.05, 4.69) is 15.3 Å². The van der Waals surface area contributed by atoms with Crippen LogP contribution < -0.4 is 5.73 Å². The van der Waals surface area contributed by atoms with Gasteiger partial charge in [0.1, 0.15) is 11.8 Å². The van der Waals surface area contributed by atoms with Gasteiger partial charge in [-0.15, -0.1) is 5.10 Å². The molecule has 0 radical (unpaired) electrons. The van der Waals surface area contributed by atoms with Crippen LogP contribution in [0, 0.1) is 0 Å². The zero-order chi connectivity index (χ0) is 6.97. The van der Waals surface area contributed by atoms with Gasteiger partial charge in [0, 0.05) is 0 Å². The van der Waals surface area contributed by atoms with Crippen molar-refractivity contribution in [3.63, 3.8) is 0 Å². The third-order valence-electron chi connectivity index (χ3n) is 1.26. The lowest BCUT2D eigenvalue weighted by molar-refractivity contribution is 0.803. The first kappa shape index (κ1) is 5.16. The van der Waals surface area contributed by atoms with Crippen LogP contribution in [-0.2, 0) is 0 Å². The van der Waals surface area contributed by atoms with Gasteiger partial charge in [-0.2, -0.15) is 0 Å². The highest BCUT2D eigenvalue weighted by atomic mass is 15.4. The van der Waals surface area contributed by atoms with Gasteiger partial charge in [0.25, 0.3) is 0 Å². The van der Waals surface area contributed by atoms with Gasteiger partial charge in [0.15, 0.2) is 5.82 Å². The number of hydrogen-bond donors (Lipinski definition) is 1. The fourth-order valence-corrected chi connectivity index (χ4v) is 0.785. The molecule has 5 nitrogen and oxygen atoms in total. The molecule has 2 aromatic rings. The third-order valence-corrected chi connectivity index (χ3v) is 1.26. The van der Waals surface area contributed by atoms with Crippen LogP contribution >= 0.6 is 0 Å². The van der Waals surface area contributed by atoms with Crippen molar-refractivity contribution in [3.8, 4) is 0 Å². The van der Waals surface area contributed by atoms with Gasteiger partial charge in [-0.1, -0.05) is 5.21 Å². The minimum absolute atomic E-state index is 0.481. The minimum Gasteiger partial charge on any atom is -0.382 e. The molecule has 10 heavy (non-hydrogen) atoms. The summed E-state index contributed by atoms with van der Waals surface area (Å²) in [5.74, 6) is 0.481. The molecule has 0 unspecified atom stereocenters. The molecule has 5 heteroatoms. The first-order valence-electron chi connectivity index (χ1n) is 2.78. The van der Waals surface area contributed by atoms with Crippen LogP contribution in [0.1, 0.15) is 0 Å². The summed E-state index contributed by atoms with van der Waals surface area (Å²) in [6.07, 6.45) is 3.10. The highest BCUT2D eigenvalue weighted by molar-refractivity contribution is 5.63. The molecule has 0 saturated heterocycles. The summed E-state index contributed by atoms with van der Waals surface area (Å²) >= 11 is 0. The maximum absolute atomic E-state index is 5.48. The molecular formula is C5H5N5. The number of rotatable bonds is 0. The topological polar surface area (TPSA) is 69.1 Å². The van der Waals surface area contributed by atoms with Crippen molar-refractivity contribution in [2.75, 3.05) is 5.73 Å². The summed E-state index contributed by atoms with van der Waals surface area (Å²) in [5.41, 5.74) is 6.26. The Kier molecular flexibility index (Phi) is 0.858. The van der Waals surface area contributed by atoms with Gasteiger partial charge >= 0.3 is 0 Å². The van der Waals surface area contributed by atoms with Crippen molar-refractivity contribution < 1.29 is 0 Å². The predicted octanol–water partition coefficient (Wildman–Crippen LogP) is -0.294. The number of hydrogen-bond acceptors (Lipinski definition) is 4. The van der Waals surface area contributed by atoms with E-state index in [9.17, 15) is 0 Å². The van der Waals surface area contributed by atoms with E-state index in [0.717, 1.165) is 5.52 Å². The van der Waals surface area contributed by atoms with E-state index >= 15 is 0 Å². The number of imidazole rings is 1. The highest BCUT2D eigenvalue weighted by Crippen LogP contribution is 2.06. The van der Waals surface area contributed by atoms with E-state index in [4.69, 9.17) is 5.73 Å². The van der Waals surface area contributed by atoms with Gasteiger partial charge in [0.05, 0.1) is 6.20 Å². The summed E-state index contributed by atoms with van der Waals surface area (Å²) in [4.78, 5) is 3.83. The zero-order valence-electron chi connectivity index (χ0n) is 5.10. The van der Waals surface area contributed by atoms with Crippen LogP contribution in [0.15, 0.2) is 18.6 Å².